The number of thiazole rings is 1. The maximum atomic E-state index is 14.1. The van der Waals surface area contributed by atoms with E-state index in [4.69, 9.17) is 26.1 Å². The fraction of sp³-hybridized carbons (Fsp3) is 0.167. The summed E-state index contributed by atoms with van der Waals surface area (Å²) in [7, 11) is 0. The van der Waals surface area contributed by atoms with E-state index >= 15 is 0 Å². The molecule has 44 heavy (non-hydrogen) atoms. The SMILES string of the molecule is CCOc1cc(/C=c2/sc3n(c2=O)C(c2ccc(F)cc2)C2=C(N=3)c3ccccc3CC2)ccc1OCc1ccc(Cl)cc1. The molecule has 4 aromatic carbocycles. The second-order valence-electron chi connectivity index (χ2n) is 10.7. The van der Waals surface area contributed by atoms with Crippen LogP contribution in [0.5, 0.6) is 11.5 Å². The van der Waals surface area contributed by atoms with E-state index in [2.05, 4.69) is 12.1 Å². The zero-order chi connectivity index (χ0) is 30.2. The minimum Gasteiger partial charge on any atom is -0.490 e. The molecule has 0 spiro atoms. The molecular weight excluding hydrogens is 595 g/mol. The van der Waals surface area contributed by atoms with Gasteiger partial charge in [-0.25, -0.2) is 9.38 Å². The number of hydrogen-bond donors (Lipinski definition) is 0. The summed E-state index contributed by atoms with van der Waals surface area (Å²) in [5.74, 6) is 0.900. The molecule has 0 radical (unpaired) electrons. The average molecular weight is 623 g/mol. The zero-order valence-electron chi connectivity index (χ0n) is 23.9. The first-order valence-corrected chi connectivity index (χ1v) is 15.7. The van der Waals surface area contributed by atoms with Crippen LogP contribution in [0.3, 0.4) is 0 Å². The highest BCUT2D eigenvalue weighted by atomic mass is 35.5. The third kappa shape index (κ3) is 5.38. The molecule has 1 unspecified atom stereocenters. The van der Waals surface area contributed by atoms with Crippen LogP contribution in [-0.2, 0) is 13.0 Å². The molecule has 5 aromatic rings. The van der Waals surface area contributed by atoms with Crippen molar-refractivity contribution in [3.05, 3.63) is 155 Å². The van der Waals surface area contributed by atoms with Gasteiger partial charge in [0.1, 0.15) is 12.4 Å². The molecule has 2 aliphatic rings. The minimum absolute atomic E-state index is 0.130. The Morgan fingerprint density at radius 2 is 1.77 bits per heavy atom. The summed E-state index contributed by atoms with van der Waals surface area (Å²) in [6.07, 6.45) is 3.50. The summed E-state index contributed by atoms with van der Waals surface area (Å²) >= 11 is 7.37. The summed E-state index contributed by atoms with van der Waals surface area (Å²) in [6.45, 7) is 2.75. The number of halogens is 2. The normalized spacial score (nSPS) is 15.7. The first-order valence-electron chi connectivity index (χ1n) is 14.5. The van der Waals surface area contributed by atoms with E-state index in [0.717, 1.165) is 46.4 Å². The van der Waals surface area contributed by atoms with Gasteiger partial charge in [-0.05, 0) is 90.1 Å². The van der Waals surface area contributed by atoms with Gasteiger partial charge in [-0.1, -0.05) is 77.5 Å². The Bertz CT molecular complexity index is 2080. The molecule has 2 heterocycles. The number of allylic oxidation sites excluding steroid dienone is 1. The van der Waals surface area contributed by atoms with Crippen molar-refractivity contribution in [2.45, 2.75) is 32.4 Å². The van der Waals surface area contributed by atoms with Gasteiger partial charge >= 0.3 is 0 Å². The Balaban J connectivity index is 1.30. The van der Waals surface area contributed by atoms with Crippen molar-refractivity contribution in [2.24, 2.45) is 4.99 Å². The number of nitrogens with zero attached hydrogens (tertiary/aromatic N) is 2. The quantitative estimate of drug-likeness (QED) is 0.195. The van der Waals surface area contributed by atoms with E-state index in [1.807, 2.05) is 67.6 Å². The summed E-state index contributed by atoms with van der Waals surface area (Å²) in [5, 5.41) is 0.673. The van der Waals surface area contributed by atoms with Gasteiger partial charge in [-0.15, -0.1) is 0 Å². The Morgan fingerprint density at radius 1 is 0.977 bits per heavy atom. The molecule has 1 atom stereocenters. The first-order chi connectivity index (χ1) is 21.5. The van der Waals surface area contributed by atoms with Crippen LogP contribution in [0.2, 0.25) is 5.02 Å². The third-order valence-corrected chi connectivity index (χ3v) is 9.17. The fourth-order valence-corrected chi connectivity index (χ4v) is 6.99. The lowest BCUT2D eigenvalue weighted by atomic mass is 9.83. The van der Waals surface area contributed by atoms with E-state index in [1.165, 1.54) is 29.0 Å². The van der Waals surface area contributed by atoms with Gasteiger partial charge in [0.05, 0.1) is 22.9 Å². The van der Waals surface area contributed by atoms with Crippen molar-refractivity contribution in [2.75, 3.05) is 6.61 Å². The summed E-state index contributed by atoms with van der Waals surface area (Å²) in [5.41, 5.74) is 6.86. The summed E-state index contributed by atoms with van der Waals surface area (Å²) in [4.78, 5) is 19.8. The Labute approximate surface area is 262 Å². The van der Waals surface area contributed by atoms with Crippen molar-refractivity contribution >= 4 is 34.7 Å². The Morgan fingerprint density at radius 3 is 2.57 bits per heavy atom. The van der Waals surface area contributed by atoms with E-state index < -0.39 is 0 Å². The maximum absolute atomic E-state index is 14.1. The second-order valence-corrected chi connectivity index (χ2v) is 12.2. The van der Waals surface area contributed by atoms with Gasteiger partial charge in [0.25, 0.3) is 5.56 Å². The number of benzene rings is 4. The van der Waals surface area contributed by atoms with Crippen LogP contribution in [0.1, 0.15) is 47.2 Å². The lowest BCUT2D eigenvalue weighted by molar-refractivity contribution is 0.269. The number of fused-ring (bicyclic) bond motifs is 3. The van der Waals surface area contributed by atoms with Gasteiger partial charge in [0.15, 0.2) is 16.3 Å². The molecule has 0 saturated heterocycles. The van der Waals surface area contributed by atoms with Crippen molar-refractivity contribution < 1.29 is 13.9 Å². The molecule has 1 aliphatic heterocycles. The van der Waals surface area contributed by atoms with E-state index in [1.54, 1.807) is 16.7 Å². The molecule has 8 heteroatoms. The van der Waals surface area contributed by atoms with Crippen LogP contribution in [0.4, 0.5) is 4.39 Å². The van der Waals surface area contributed by atoms with E-state index in [9.17, 15) is 9.18 Å². The Kier molecular flexibility index (Phi) is 7.66. The van der Waals surface area contributed by atoms with Crippen molar-refractivity contribution in [1.29, 1.82) is 0 Å². The summed E-state index contributed by atoms with van der Waals surface area (Å²) in [6, 6.07) is 27.5. The van der Waals surface area contributed by atoms with Crippen LogP contribution >= 0.6 is 22.9 Å². The molecule has 1 aromatic heterocycles. The fourth-order valence-electron chi connectivity index (χ4n) is 5.86. The maximum Gasteiger partial charge on any atom is 0.271 e. The van der Waals surface area contributed by atoms with Gasteiger partial charge in [-0.2, -0.15) is 0 Å². The Hall–Kier alpha value is -4.46. The van der Waals surface area contributed by atoms with Gasteiger partial charge < -0.3 is 9.47 Å². The molecule has 0 fully saturated rings. The van der Waals surface area contributed by atoms with Gasteiger partial charge in [0, 0.05) is 10.6 Å². The highest BCUT2D eigenvalue weighted by molar-refractivity contribution is 7.07. The molecule has 1 aliphatic carbocycles. The number of hydrogen-bond acceptors (Lipinski definition) is 5. The highest BCUT2D eigenvalue weighted by Crippen LogP contribution is 2.41. The highest BCUT2D eigenvalue weighted by Gasteiger charge is 2.32. The first kappa shape index (κ1) is 28.3. The van der Waals surface area contributed by atoms with Crippen molar-refractivity contribution in [3.63, 3.8) is 0 Å². The smallest absolute Gasteiger partial charge is 0.271 e. The monoisotopic (exact) mass is 622 g/mol. The van der Waals surface area contributed by atoms with E-state index in [-0.39, 0.29) is 17.4 Å². The van der Waals surface area contributed by atoms with Crippen molar-refractivity contribution in [1.82, 2.24) is 4.57 Å². The zero-order valence-corrected chi connectivity index (χ0v) is 25.5. The van der Waals surface area contributed by atoms with E-state index in [0.29, 0.717) is 39.1 Å². The van der Waals surface area contributed by atoms with Crippen LogP contribution in [-0.4, -0.2) is 11.2 Å². The molecular formula is C36H28ClFN2O3S. The third-order valence-electron chi connectivity index (χ3n) is 7.93. The lowest BCUT2D eigenvalue weighted by Crippen LogP contribution is -2.38. The standard InChI is InChI=1S/C36H28ClFN2O3S/c1-2-42-31-19-23(9-18-30(31)43-21-22-7-13-26(37)14-8-22)20-32-35(41)40-34(25-10-15-27(38)16-11-25)29-17-12-24-5-3-4-6-28(24)33(29)39-36(40)44-32/h3-11,13-16,18-20,34H,2,12,17,21H2,1H3/b32-20+. The van der Waals surface area contributed by atoms with Crippen LogP contribution in [0.25, 0.3) is 11.8 Å². The van der Waals surface area contributed by atoms with Crippen LogP contribution in [0, 0.1) is 5.82 Å². The molecule has 7 rings (SSSR count). The predicted molar refractivity (Wildman–Crippen MR) is 173 cm³/mol. The minimum atomic E-state index is -0.361. The number of rotatable bonds is 7. The molecule has 220 valence electrons. The molecule has 0 amide bonds. The van der Waals surface area contributed by atoms with Crippen LogP contribution < -0.4 is 24.4 Å². The molecule has 0 bridgehead atoms. The number of ether oxygens (including phenoxy) is 2. The summed E-state index contributed by atoms with van der Waals surface area (Å²) < 4.78 is 28.3. The van der Waals surface area contributed by atoms with Gasteiger partial charge in [-0.3, -0.25) is 9.36 Å². The molecule has 0 saturated carbocycles. The van der Waals surface area contributed by atoms with Gasteiger partial charge in [0.2, 0.25) is 0 Å². The predicted octanol–water partition coefficient (Wildman–Crippen LogP) is 7.09. The number of aryl methyl sites for hydroxylation is 1. The second kappa shape index (κ2) is 11.9. The average Bonchev–Trinajstić information content (AvgIpc) is 3.35. The largest absolute Gasteiger partial charge is 0.490 e. The van der Waals surface area contributed by atoms with Crippen LogP contribution in [0.15, 0.2) is 106 Å². The van der Waals surface area contributed by atoms with Crippen molar-refractivity contribution in [3.8, 4) is 11.5 Å². The molecule has 5 nitrogen and oxygen atoms in total. The number of aromatic nitrogens is 1. The molecule has 0 N–H and O–H groups in total. The topological polar surface area (TPSA) is 52.8 Å². The lowest BCUT2D eigenvalue weighted by Gasteiger charge is -2.30.